The van der Waals surface area contributed by atoms with E-state index in [1.54, 1.807) is 18.2 Å². The Morgan fingerprint density at radius 1 is 0.848 bits per heavy atom. The van der Waals surface area contributed by atoms with Gasteiger partial charge in [0.2, 0.25) is 6.79 Å². The summed E-state index contributed by atoms with van der Waals surface area (Å²) in [5, 5.41) is 10.1. The van der Waals surface area contributed by atoms with Crippen molar-refractivity contribution in [2.24, 2.45) is 0 Å². The number of hydrogen-bond donors (Lipinski definition) is 1. The van der Waals surface area contributed by atoms with Crippen molar-refractivity contribution in [3.8, 4) is 11.5 Å². The first-order chi connectivity index (χ1) is 16.0. The van der Waals surface area contributed by atoms with E-state index in [1.165, 1.54) is 31.4 Å². The van der Waals surface area contributed by atoms with Gasteiger partial charge in [-0.3, -0.25) is 4.79 Å². The summed E-state index contributed by atoms with van der Waals surface area (Å²) < 4.78 is 15.4. The molecule has 0 saturated heterocycles. The van der Waals surface area contributed by atoms with E-state index in [-0.39, 0.29) is 35.5 Å². The molecule has 1 aliphatic rings. The Balaban J connectivity index is 1.83. The van der Waals surface area contributed by atoms with Crippen LogP contribution in [-0.2, 0) is 16.0 Å². The van der Waals surface area contributed by atoms with Crippen LogP contribution in [0.15, 0.2) is 78.4 Å². The molecule has 0 unspecified atom stereocenters. The van der Waals surface area contributed by atoms with Gasteiger partial charge in [0.1, 0.15) is 0 Å². The lowest BCUT2D eigenvalue weighted by Crippen LogP contribution is -2.14. The first-order valence-electron chi connectivity index (χ1n) is 10.1. The number of carboxylic acid groups (broad SMARTS) is 1. The number of carboxylic acids is 1. The molecule has 0 fully saturated rings. The van der Waals surface area contributed by atoms with Crippen LogP contribution in [0.3, 0.4) is 0 Å². The average Bonchev–Trinajstić information content (AvgIpc) is 3.31. The third-order valence-corrected chi connectivity index (χ3v) is 5.24. The maximum absolute atomic E-state index is 13.6. The summed E-state index contributed by atoms with van der Waals surface area (Å²) in [4.78, 5) is 37.7. The zero-order chi connectivity index (χ0) is 23.4. The zero-order valence-corrected chi connectivity index (χ0v) is 17.7. The molecule has 0 aliphatic carbocycles. The number of carbonyl (C=O) groups excluding carboxylic acids is 2. The Morgan fingerprint density at radius 2 is 1.48 bits per heavy atom. The monoisotopic (exact) mass is 444 g/mol. The third kappa shape index (κ3) is 4.62. The van der Waals surface area contributed by atoms with E-state index < -0.39 is 17.7 Å². The van der Waals surface area contributed by atoms with Crippen molar-refractivity contribution >= 4 is 23.3 Å². The van der Waals surface area contributed by atoms with Crippen LogP contribution in [0.1, 0.15) is 31.8 Å². The van der Waals surface area contributed by atoms with Crippen LogP contribution in [-0.4, -0.2) is 36.7 Å². The van der Waals surface area contributed by atoms with Crippen molar-refractivity contribution < 1.29 is 33.7 Å². The SMILES string of the molecule is COC(=O)c1ccc(C(=O)/C(Cc2ccccc2)=C(\C(=O)O)c2ccc3c(c2)OCO3)cc1. The first kappa shape index (κ1) is 21.8. The van der Waals surface area contributed by atoms with Crippen LogP contribution in [0.25, 0.3) is 5.57 Å². The fraction of sp³-hybridized carbons (Fsp3) is 0.115. The number of rotatable bonds is 7. The van der Waals surface area contributed by atoms with Gasteiger partial charge in [-0.1, -0.05) is 48.5 Å². The average molecular weight is 444 g/mol. The third-order valence-electron chi connectivity index (χ3n) is 5.24. The second-order valence-corrected chi connectivity index (χ2v) is 7.29. The number of Topliss-reactive ketones (excluding diaryl/α,β-unsaturated/α-hetero) is 1. The summed E-state index contributed by atoms with van der Waals surface area (Å²) in [5.74, 6) is -1.29. The molecule has 166 valence electrons. The van der Waals surface area contributed by atoms with E-state index in [4.69, 9.17) is 14.2 Å². The van der Waals surface area contributed by atoms with Crippen LogP contribution >= 0.6 is 0 Å². The number of hydrogen-bond acceptors (Lipinski definition) is 6. The van der Waals surface area contributed by atoms with E-state index in [9.17, 15) is 19.5 Å². The number of methoxy groups -OCH3 is 1. The van der Waals surface area contributed by atoms with Crippen LogP contribution in [0, 0.1) is 0 Å². The summed E-state index contributed by atoms with van der Waals surface area (Å²) in [6.07, 6.45) is 0.106. The van der Waals surface area contributed by atoms with Gasteiger partial charge < -0.3 is 19.3 Å². The van der Waals surface area contributed by atoms with Crippen LogP contribution < -0.4 is 9.47 Å². The molecule has 33 heavy (non-hydrogen) atoms. The highest BCUT2D eigenvalue weighted by Crippen LogP contribution is 2.36. The number of allylic oxidation sites excluding steroid dienone is 1. The molecule has 0 aromatic heterocycles. The Bertz CT molecular complexity index is 1240. The second-order valence-electron chi connectivity index (χ2n) is 7.29. The molecule has 0 spiro atoms. The molecule has 1 aliphatic heterocycles. The fourth-order valence-electron chi connectivity index (χ4n) is 3.61. The van der Waals surface area contributed by atoms with Crippen molar-refractivity contribution in [3.05, 3.63) is 101 Å². The van der Waals surface area contributed by atoms with Gasteiger partial charge in [-0.2, -0.15) is 0 Å². The minimum absolute atomic E-state index is 0.0489. The summed E-state index contributed by atoms with van der Waals surface area (Å²) in [6.45, 7) is 0.0489. The molecule has 0 atom stereocenters. The highest BCUT2D eigenvalue weighted by atomic mass is 16.7. The van der Waals surface area contributed by atoms with Crippen molar-refractivity contribution in [1.29, 1.82) is 0 Å². The standard InChI is InChI=1S/C26H20O7/c1-31-26(30)18-9-7-17(8-10-18)24(27)20(13-16-5-3-2-4-6-16)23(25(28)29)19-11-12-21-22(14-19)33-15-32-21/h2-12,14H,13,15H2,1H3,(H,28,29)/b23-20-. The predicted octanol–water partition coefficient (Wildman–Crippen LogP) is 4.17. The number of fused-ring (bicyclic) bond motifs is 1. The molecule has 7 heteroatoms. The summed E-state index contributed by atoms with van der Waals surface area (Å²) in [6, 6.07) is 19.8. The number of benzene rings is 3. The summed E-state index contributed by atoms with van der Waals surface area (Å²) in [5.41, 5.74) is 1.64. The zero-order valence-electron chi connectivity index (χ0n) is 17.7. The topological polar surface area (TPSA) is 99.1 Å². The molecule has 1 N–H and O–H groups in total. The molecule has 0 amide bonds. The lowest BCUT2D eigenvalue weighted by Gasteiger charge is -2.14. The number of ether oxygens (including phenoxy) is 3. The smallest absolute Gasteiger partial charge is 0.337 e. The Hall–Kier alpha value is -4.39. The minimum atomic E-state index is -1.24. The van der Waals surface area contributed by atoms with Gasteiger partial charge in [0.05, 0.1) is 18.2 Å². The lowest BCUT2D eigenvalue weighted by atomic mass is 9.89. The number of carbonyl (C=O) groups is 3. The summed E-state index contributed by atoms with van der Waals surface area (Å²) in [7, 11) is 1.27. The Kier molecular flexibility index (Phi) is 6.22. The maximum atomic E-state index is 13.6. The minimum Gasteiger partial charge on any atom is -0.478 e. The Labute approximate surface area is 189 Å². The number of ketones is 1. The predicted molar refractivity (Wildman–Crippen MR) is 119 cm³/mol. The normalized spacial score (nSPS) is 12.6. The molecule has 0 saturated carbocycles. The van der Waals surface area contributed by atoms with Gasteiger partial charge in [0, 0.05) is 17.6 Å². The molecule has 3 aromatic carbocycles. The van der Waals surface area contributed by atoms with Gasteiger partial charge in [0.25, 0.3) is 0 Å². The highest BCUT2D eigenvalue weighted by molar-refractivity contribution is 6.26. The molecular weight excluding hydrogens is 424 g/mol. The number of aliphatic carboxylic acids is 1. The van der Waals surface area contributed by atoms with E-state index in [2.05, 4.69) is 0 Å². The van der Waals surface area contributed by atoms with Crippen LogP contribution in [0.4, 0.5) is 0 Å². The molecule has 7 nitrogen and oxygen atoms in total. The van der Waals surface area contributed by atoms with E-state index in [0.29, 0.717) is 17.1 Å². The van der Waals surface area contributed by atoms with Crippen LogP contribution in [0.5, 0.6) is 11.5 Å². The highest BCUT2D eigenvalue weighted by Gasteiger charge is 2.26. The van der Waals surface area contributed by atoms with Crippen molar-refractivity contribution in [2.75, 3.05) is 13.9 Å². The van der Waals surface area contributed by atoms with Crippen molar-refractivity contribution in [3.63, 3.8) is 0 Å². The van der Waals surface area contributed by atoms with Crippen molar-refractivity contribution in [1.82, 2.24) is 0 Å². The second kappa shape index (κ2) is 9.40. The maximum Gasteiger partial charge on any atom is 0.337 e. The Morgan fingerprint density at radius 3 is 2.15 bits per heavy atom. The molecule has 1 heterocycles. The molecule has 0 radical (unpaired) electrons. The molecule has 4 rings (SSSR count). The van der Waals surface area contributed by atoms with Crippen LogP contribution in [0.2, 0.25) is 0 Å². The van der Waals surface area contributed by atoms with Crippen molar-refractivity contribution in [2.45, 2.75) is 6.42 Å². The van der Waals surface area contributed by atoms with Gasteiger partial charge in [0.15, 0.2) is 17.3 Å². The van der Waals surface area contributed by atoms with E-state index in [0.717, 1.165) is 5.56 Å². The summed E-state index contributed by atoms with van der Waals surface area (Å²) >= 11 is 0. The number of esters is 1. The lowest BCUT2D eigenvalue weighted by molar-refractivity contribution is -0.130. The van der Waals surface area contributed by atoms with Gasteiger partial charge in [-0.05, 0) is 35.4 Å². The van der Waals surface area contributed by atoms with Gasteiger partial charge in [-0.25, -0.2) is 9.59 Å². The van der Waals surface area contributed by atoms with Gasteiger partial charge >= 0.3 is 11.9 Å². The van der Waals surface area contributed by atoms with E-state index in [1.807, 2.05) is 30.3 Å². The first-order valence-corrected chi connectivity index (χ1v) is 10.1. The molecule has 0 bridgehead atoms. The van der Waals surface area contributed by atoms with Gasteiger partial charge in [-0.15, -0.1) is 0 Å². The fourth-order valence-corrected chi connectivity index (χ4v) is 3.61. The van der Waals surface area contributed by atoms with E-state index >= 15 is 0 Å². The largest absolute Gasteiger partial charge is 0.478 e. The molecular formula is C26H20O7. The molecule has 3 aromatic rings. The quantitative estimate of drug-likeness (QED) is 0.332.